The molecule has 9 heteroatoms. The highest BCUT2D eigenvalue weighted by molar-refractivity contribution is 14.0. The molecular weight excluding hydrogens is 495 g/mol. The summed E-state index contributed by atoms with van der Waals surface area (Å²) in [6.07, 6.45) is 5.53. The minimum Gasteiger partial charge on any atom is -0.497 e. The van der Waals surface area contributed by atoms with E-state index in [1.807, 2.05) is 24.3 Å². The number of methoxy groups -OCH3 is 1. The van der Waals surface area contributed by atoms with E-state index in [1.54, 1.807) is 7.11 Å². The van der Waals surface area contributed by atoms with Crippen molar-refractivity contribution in [1.29, 1.82) is 0 Å². The maximum absolute atomic E-state index is 5.75. The van der Waals surface area contributed by atoms with E-state index in [0.717, 1.165) is 55.0 Å². The highest BCUT2D eigenvalue weighted by Gasteiger charge is 2.14. The Balaban J connectivity index is 0.00000320. The van der Waals surface area contributed by atoms with Crippen LogP contribution in [-0.2, 0) is 19.4 Å². The van der Waals surface area contributed by atoms with Gasteiger partial charge in [-0.05, 0) is 44.0 Å². The molecule has 1 aromatic carbocycles. The molecule has 0 atom stereocenters. The van der Waals surface area contributed by atoms with E-state index < -0.39 is 0 Å². The number of aromatic nitrogens is 3. The fourth-order valence-electron chi connectivity index (χ4n) is 3.35. The molecule has 1 aliphatic heterocycles. The Morgan fingerprint density at radius 2 is 1.90 bits per heavy atom. The number of nitrogens with one attached hydrogen (secondary N) is 2. The maximum atomic E-state index is 5.75. The standard InChI is InChI=1S/C21H32N6O2.HI/c1-3-22-21(24-14-16-29-18-10-8-17(28-2)9-11-18)23-13-12-20-26-25-19-7-5-4-6-15-27(19)20;/h8-11H,3-7,12-16H2,1-2H3,(H2,22,23,24);1H. The van der Waals surface area contributed by atoms with Crippen LogP contribution in [0.1, 0.15) is 37.8 Å². The summed E-state index contributed by atoms with van der Waals surface area (Å²) in [6, 6.07) is 7.58. The fourth-order valence-corrected chi connectivity index (χ4v) is 3.35. The molecule has 0 aliphatic carbocycles. The van der Waals surface area contributed by atoms with Crippen LogP contribution in [0, 0.1) is 0 Å². The number of halogens is 1. The number of hydrogen-bond donors (Lipinski definition) is 2. The van der Waals surface area contributed by atoms with Gasteiger partial charge in [0.25, 0.3) is 0 Å². The molecular formula is C21H33IN6O2. The van der Waals surface area contributed by atoms with Crippen molar-refractivity contribution in [3.8, 4) is 11.5 Å². The van der Waals surface area contributed by atoms with Crippen molar-refractivity contribution in [3.63, 3.8) is 0 Å². The van der Waals surface area contributed by atoms with Gasteiger partial charge >= 0.3 is 0 Å². The first-order chi connectivity index (χ1) is 14.3. The van der Waals surface area contributed by atoms with Crippen LogP contribution in [0.4, 0.5) is 0 Å². The third kappa shape index (κ3) is 7.33. The van der Waals surface area contributed by atoms with Gasteiger partial charge in [0.15, 0.2) is 5.96 Å². The maximum Gasteiger partial charge on any atom is 0.191 e. The van der Waals surface area contributed by atoms with Crippen LogP contribution in [0.5, 0.6) is 11.5 Å². The summed E-state index contributed by atoms with van der Waals surface area (Å²) in [4.78, 5) is 4.67. The molecule has 0 amide bonds. The summed E-state index contributed by atoms with van der Waals surface area (Å²) in [5.41, 5.74) is 0. The average molecular weight is 528 g/mol. The Kier molecular flexibility index (Phi) is 10.7. The minimum atomic E-state index is 0. The van der Waals surface area contributed by atoms with Gasteiger partial charge < -0.3 is 24.7 Å². The van der Waals surface area contributed by atoms with E-state index in [1.165, 1.54) is 19.3 Å². The molecule has 1 aromatic heterocycles. The number of guanidine groups is 1. The van der Waals surface area contributed by atoms with Crippen molar-refractivity contribution in [2.75, 3.05) is 33.4 Å². The Bertz CT molecular complexity index is 778. The van der Waals surface area contributed by atoms with E-state index in [2.05, 4.69) is 37.3 Å². The first-order valence-corrected chi connectivity index (χ1v) is 10.5. The number of hydrogen-bond acceptors (Lipinski definition) is 5. The summed E-state index contributed by atoms with van der Waals surface area (Å²) < 4.78 is 13.2. The number of aliphatic imine (C=N–C) groups is 1. The number of nitrogens with zero attached hydrogens (tertiary/aromatic N) is 4. The lowest BCUT2D eigenvalue weighted by atomic mass is 10.2. The van der Waals surface area contributed by atoms with Crippen molar-refractivity contribution >= 4 is 29.9 Å². The van der Waals surface area contributed by atoms with Crippen molar-refractivity contribution in [3.05, 3.63) is 35.9 Å². The van der Waals surface area contributed by atoms with Crippen LogP contribution < -0.4 is 20.1 Å². The van der Waals surface area contributed by atoms with Gasteiger partial charge in [-0.2, -0.15) is 0 Å². The molecule has 0 saturated carbocycles. The van der Waals surface area contributed by atoms with Crippen LogP contribution in [-0.4, -0.2) is 54.1 Å². The molecule has 0 spiro atoms. The second-order valence-corrected chi connectivity index (χ2v) is 6.96. The lowest BCUT2D eigenvalue weighted by molar-refractivity contribution is 0.321. The number of benzene rings is 1. The summed E-state index contributed by atoms with van der Waals surface area (Å²) in [6.45, 7) is 5.79. The molecule has 8 nitrogen and oxygen atoms in total. The number of rotatable bonds is 9. The summed E-state index contributed by atoms with van der Waals surface area (Å²) in [5.74, 6) is 4.61. The smallest absolute Gasteiger partial charge is 0.191 e. The third-order valence-corrected chi connectivity index (χ3v) is 4.86. The fraction of sp³-hybridized carbons (Fsp3) is 0.571. The highest BCUT2D eigenvalue weighted by atomic mass is 127. The SMILES string of the molecule is CCNC(=NCCc1nnc2n1CCCCC2)NCCOc1ccc(OC)cc1.I. The molecule has 2 heterocycles. The van der Waals surface area contributed by atoms with E-state index in [-0.39, 0.29) is 24.0 Å². The number of aryl methyl sites for hydroxylation is 1. The lowest BCUT2D eigenvalue weighted by Gasteiger charge is -2.12. The summed E-state index contributed by atoms with van der Waals surface area (Å²) in [5, 5.41) is 15.3. The van der Waals surface area contributed by atoms with Crippen molar-refractivity contribution in [1.82, 2.24) is 25.4 Å². The summed E-state index contributed by atoms with van der Waals surface area (Å²) in [7, 11) is 1.65. The second-order valence-electron chi connectivity index (χ2n) is 6.96. The predicted octanol–water partition coefficient (Wildman–Crippen LogP) is 2.81. The number of ether oxygens (including phenoxy) is 2. The average Bonchev–Trinajstić information content (AvgIpc) is 2.97. The zero-order valence-electron chi connectivity index (χ0n) is 17.9. The first-order valence-electron chi connectivity index (χ1n) is 10.5. The summed E-state index contributed by atoms with van der Waals surface area (Å²) >= 11 is 0. The Morgan fingerprint density at radius 1 is 1.10 bits per heavy atom. The molecule has 0 saturated heterocycles. The molecule has 30 heavy (non-hydrogen) atoms. The van der Waals surface area contributed by atoms with Gasteiger partial charge in [-0.1, -0.05) is 6.42 Å². The molecule has 0 bridgehead atoms. The molecule has 2 N–H and O–H groups in total. The first kappa shape index (κ1) is 24.2. The van der Waals surface area contributed by atoms with Crippen LogP contribution in [0.25, 0.3) is 0 Å². The Labute approximate surface area is 195 Å². The van der Waals surface area contributed by atoms with Gasteiger partial charge in [-0.15, -0.1) is 34.2 Å². The molecule has 166 valence electrons. The zero-order chi connectivity index (χ0) is 20.3. The van der Waals surface area contributed by atoms with E-state index in [4.69, 9.17) is 9.47 Å². The van der Waals surface area contributed by atoms with Crippen LogP contribution in [0.3, 0.4) is 0 Å². The van der Waals surface area contributed by atoms with Gasteiger partial charge in [-0.25, -0.2) is 0 Å². The molecule has 3 rings (SSSR count). The van der Waals surface area contributed by atoms with Crippen molar-refractivity contribution in [2.45, 2.75) is 45.6 Å². The van der Waals surface area contributed by atoms with Crippen molar-refractivity contribution in [2.24, 2.45) is 4.99 Å². The van der Waals surface area contributed by atoms with Crippen LogP contribution in [0.15, 0.2) is 29.3 Å². The molecule has 1 aliphatic rings. The number of fused-ring (bicyclic) bond motifs is 1. The second kappa shape index (κ2) is 13.3. The normalized spacial score (nSPS) is 13.6. The minimum absolute atomic E-state index is 0. The lowest BCUT2D eigenvalue weighted by Crippen LogP contribution is -2.39. The topological polar surface area (TPSA) is 85.6 Å². The zero-order valence-corrected chi connectivity index (χ0v) is 20.2. The predicted molar refractivity (Wildman–Crippen MR) is 129 cm³/mol. The van der Waals surface area contributed by atoms with E-state index >= 15 is 0 Å². The molecule has 0 radical (unpaired) electrons. The Hall–Kier alpha value is -2.04. The molecule has 0 unspecified atom stereocenters. The molecule has 0 fully saturated rings. The molecule has 2 aromatic rings. The quantitative estimate of drug-likeness (QED) is 0.226. The van der Waals surface area contributed by atoms with E-state index in [0.29, 0.717) is 19.7 Å². The van der Waals surface area contributed by atoms with Gasteiger partial charge in [-0.3, -0.25) is 4.99 Å². The highest BCUT2D eigenvalue weighted by Crippen LogP contribution is 2.17. The monoisotopic (exact) mass is 528 g/mol. The van der Waals surface area contributed by atoms with Crippen molar-refractivity contribution < 1.29 is 9.47 Å². The van der Waals surface area contributed by atoms with E-state index in [9.17, 15) is 0 Å². The van der Waals surface area contributed by atoms with Gasteiger partial charge in [0.1, 0.15) is 29.8 Å². The van der Waals surface area contributed by atoms with Gasteiger partial charge in [0.05, 0.1) is 13.7 Å². The van der Waals surface area contributed by atoms with Gasteiger partial charge in [0.2, 0.25) is 0 Å². The largest absolute Gasteiger partial charge is 0.497 e. The third-order valence-electron chi connectivity index (χ3n) is 4.86. The van der Waals surface area contributed by atoms with Crippen LogP contribution >= 0.6 is 24.0 Å². The Morgan fingerprint density at radius 3 is 2.67 bits per heavy atom. The van der Waals surface area contributed by atoms with Crippen LogP contribution in [0.2, 0.25) is 0 Å². The van der Waals surface area contributed by atoms with Gasteiger partial charge in [0, 0.05) is 32.5 Å².